The summed E-state index contributed by atoms with van der Waals surface area (Å²) >= 11 is 0. The fraction of sp³-hybridized carbons (Fsp3) is 0.778. The summed E-state index contributed by atoms with van der Waals surface area (Å²) in [6.07, 6.45) is 2.24. The maximum Gasteiger partial charge on any atom is 0.0753 e. The molecule has 2 atom stereocenters. The van der Waals surface area contributed by atoms with Crippen LogP contribution in [0.2, 0.25) is 0 Å². The molecule has 0 spiro atoms. The highest BCUT2D eigenvalue weighted by molar-refractivity contribution is 5.58. The first-order chi connectivity index (χ1) is 6.29. The second kappa shape index (κ2) is 3.50. The van der Waals surface area contributed by atoms with Crippen molar-refractivity contribution < 1.29 is 0 Å². The third-order valence-electron chi connectivity index (χ3n) is 2.92. The van der Waals surface area contributed by atoms with Crippen LogP contribution in [-0.2, 0) is 0 Å². The number of hydrogen-bond acceptors (Lipinski definition) is 4. The monoisotopic (exact) mass is 180 g/mol. The van der Waals surface area contributed by atoms with Gasteiger partial charge in [-0.1, -0.05) is 0 Å². The Hall–Kier alpha value is -0.830. The van der Waals surface area contributed by atoms with E-state index in [9.17, 15) is 0 Å². The molecule has 0 amide bonds. The third-order valence-corrected chi connectivity index (χ3v) is 2.92. The minimum absolute atomic E-state index is 0.442. The van der Waals surface area contributed by atoms with Crippen molar-refractivity contribution in [2.75, 3.05) is 20.1 Å². The highest BCUT2D eigenvalue weighted by Gasteiger charge is 2.31. The number of hydrazine groups is 1. The Morgan fingerprint density at radius 2 is 2.46 bits per heavy atom. The van der Waals surface area contributed by atoms with Crippen molar-refractivity contribution in [1.29, 1.82) is 0 Å². The van der Waals surface area contributed by atoms with Gasteiger partial charge >= 0.3 is 0 Å². The van der Waals surface area contributed by atoms with Crippen LogP contribution in [0.5, 0.6) is 0 Å². The van der Waals surface area contributed by atoms with Gasteiger partial charge in [0.25, 0.3) is 0 Å². The molecule has 13 heavy (non-hydrogen) atoms. The molecule has 0 radical (unpaired) electrons. The normalized spacial score (nSPS) is 35.0. The predicted molar refractivity (Wildman–Crippen MR) is 52.3 cm³/mol. The number of hydrogen-bond donors (Lipinski definition) is 2. The van der Waals surface area contributed by atoms with Gasteiger partial charge in [0.15, 0.2) is 0 Å². The highest BCUT2D eigenvalue weighted by atomic mass is 15.5. The molecule has 2 rings (SSSR count). The fourth-order valence-electron chi connectivity index (χ4n) is 2.16. The molecule has 1 fully saturated rings. The Balaban J connectivity index is 2.12. The first kappa shape index (κ1) is 8.75. The smallest absolute Gasteiger partial charge is 0.0753 e. The van der Waals surface area contributed by atoms with Gasteiger partial charge in [-0.15, -0.1) is 0 Å². The van der Waals surface area contributed by atoms with Crippen LogP contribution in [0.4, 0.5) is 0 Å². The molecule has 0 saturated carbocycles. The molecule has 0 aromatic carbocycles. The zero-order chi connectivity index (χ0) is 9.26. The molecule has 3 N–H and O–H groups in total. The van der Waals surface area contributed by atoms with E-state index in [2.05, 4.69) is 28.3 Å². The number of nitrogens with two attached hydrogens (primary N) is 1. The molecule has 2 aliphatic rings. The van der Waals surface area contributed by atoms with Crippen LogP contribution in [0.15, 0.2) is 10.7 Å². The van der Waals surface area contributed by atoms with Gasteiger partial charge in [-0.05, 0) is 12.8 Å². The van der Waals surface area contributed by atoms with Crippen molar-refractivity contribution in [1.82, 2.24) is 10.4 Å². The molecule has 2 aliphatic heterocycles. The van der Waals surface area contributed by atoms with Crippen LogP contribution in [0.25, 0.3) is 0 Å². The van der Waals surface area contributed by atoms with E-state index >= 15 is 0 Å². The number of nitrogens with one attached hydrogen (secondary N) is 1. The summed E-state index contributed by atoms with van der Waals surface area (Å²) in [4.78, 5) is 4.05. The predicted octanol–water partition coefficient (Wildman–Crippen LogP) is -0.273. The Bertz CT molecular complexity index is 254. The van der Waals surface area contributed by atoms with E-state index in [4.69, 9.17) is 5.73 Å². The zero-order valence-corrected chi connectivity index (χ0v) is 7.95. The summed E-state index contributed by atoms with van der Waals surface area (Å²) in [7, 11) is 2.08. The highest BCUT2D eigenvalue weighted by Crippen LogP contribution is 2.24. The first-order valence-corrected chi connectivity index (χ1v) is 4.80. The average molecular weight is 180 g/mol. The van der Waals surface area contributed by atoms with Crippen LogP contribution in [0.3, 0.4) is 0 Å². The Morgan fingerprint density at radius 1 is 1.62 bits per heavy atom. The number of rotatable bonds is 1. The van der Waals surface area contributed by atoms with Gasteiger partial charge < -0.3 is 5.73 Å². The van der Waals surface area contributed by atoms with Crippen molar-refractivity contribution in [3.05, 3.63) is 5.70 Å². The maximum absolute atomic E-state index is 5.88. The molecule has 0 bridgehead atoms. The lowest BCUT2D eigenvalue weighted by atomic mass is 9.91. The van der Waals surface area contributed by atoms with Gasteiger partial charge in [0, 0.05) is 38.0 Å². The molecule has 2 heterocycles. The second-order valence-electron chi connectivity index (χ2n) is 3.72. The molecular formula is C9H16N4. The van der Waals surface area contributed by atoms with Gasteiger partial charge in [0.2, 0.25) is 0 Å². The number of nitrogens with zero attached hydrogens (tertiary/aromatic N) is 2. The van der Waals surface area contributed by atoms with Gasteiger partial charge in [0.1, 0.15) is 0 Å². The topological polar surface area (TPSA) is 53.6 Å². The van der Waals surface area contributed by atoms with E-state index in [0.29, 0.717) is 12.0 Å². The van der Waals surface area contributed by atoms with Crippen LogP contribution in [0.1, 0.15) is 12.8 Å². The summed E-state index contributed by atoms with van der Waals surface area (Å²) in [6, 6.07) is 0.531. The molecule has 0 aliphatic carbocycles. The van der Waals surface area contributed by atoms with Crippen molar-refractivity contribution in [3.8, 4) is 0 Å². The van der Waals surface area contributed by atoms with E-state index in [1.807, 2.05) is 0 Å². The average Bonchev–Trinajstić information content (AvgIpc) is 2.52. The van der Waals surface area contributed by atoms with E-state index < -0.39 is 0 Å². The van der Waals surface area contributed by atoms with E-state index in [-0.39, 0.29) is 0 Å². The van der Waals surface area contributed by atoms with E-state index in [1.165, 1.54) is 6.42 Å². The van der Waals surface area contributed by atoms with Gasteiger partial charge in [-0.2, -0.15) is 0 Å². The minimum atomic E-state index is 0.442. The van der Waals surface area contributed by atoms with Crippen LogP contribution >= 0.6 is 0 Å². The Morgan fingerprint density at radius 3 is 3.08 bits per heavy atom. The van der Waals surface area contributed by atoms with Gasteiger partial charge in [-0.3, -0.25) is 5.43 Å². The fourth-order valence-corrected chi connectivity index (χ4v) is 2.16. The molecule has 4 heteroatoms. The summed E-state index contributed by atoms with van der Waals surface area (Å²) in [5, 5.41) is 2.17. The first-order valence-electron chi connectivity index (χ1n) is 4.80. The lowest BCUT2D eigenvalue weighted by Crippen LogP contribution is -2.40. The van der Waals surface area contributed by atoms with Gasteiger partial charge in [-0.25, -0.2) is 10.0 Å². The van der Waals surface area contributed by atoms with Crippen molar-refractivity contribution in [2.24, 2.45) is 16.6 Å². The summed E-state index contributed by atoms with van der Waals surface area (Å²) in [5.41, 5.74) is 10.00. The summed E-state index contributed by atoms with van der Waals surface area (Å²) in [6.45, 7) is 1.93. The van der Waals surface area contributed by atoms with Crippen LogP contribution in [-0.4, -0.2) is 37.1 Å². The molecular weight excluding hydrogens is 164 g/mol. The quantitative estimate of drug-likeness (QED) is 0.584. The summed E-state index contributed by atoms with van der Waals surface area (Å²) in [5.74, 6) is 3.34. The van der Waals surface area contributed by atoms with Crippen LogP contribution < -0.4 is 11.2 Å². The maximum atomic E-state index is 5.88. The largest absolute Gasteiger partial charge is 0.394 e. The molecule has 4 nitrogen and oxygen atoms in total. The van der Waals surface area contributed by atoms with Gasteiger partial charge in [0.05, 0.1) is 5.70 Å². The SMILES string of the molecule is CN1NCCC1C1CCN=C=C1N. The van der Waals surface area contributed by atoms with E-state index in [0.717, 1.165) is 25.2 Å². The third kappa shape index (κ3) is 1.61. The van der Waals surface area contributed by atoms with Crippen LogP contribution in [0, 0.1) is 5.92 Å². The Labute approximate surface area is 78.5 Å². The molecule has 0 aromatic rings. The minimum Gasteiger partial charge on any atom is -0.394 e. The molecule has 0 aromatic heterocycles. The standard InChI is InChI=1S/C9H16N4/c1-13-9(3-5-12-13)7-2-4-11-6-8(7)10/h7,9,12H,2-5,10H2,1H3. The zero-order valence-electron chi connectivity index (χ0n) is 7.95. The lowest BCUT2D eigenvalue weighted by molar-refractivity contribution is 0.188. The van der Waals surface area contributed by atoms with Crippen molar-refractivity contribution >= 4 is 5.87 Å². The molecule has 72 valence electrons. The number of aliphatic imine (C=N–C) groups is 1. The summed E-state index contributed by atoms with van der Waals surface area (Å²) < 4.78 is 0. The molecule has 2 unspecified atom stereocenters. The lowest BCUT2D eigenvalue weighted by Gasteiger charge is -2.28. The molecule has 1 saturated heterocycles. The second-order valence-corrected chi connectivity index (χ2v) is 3.72. The van der Waals surface area contributed by atoms with Crippen molar-refractivity contribution in [2.45, 2.75) is 18.9 Å². The van der Waals surface area contributed by atoms with Crippen molar-refractivity contribution in [3.63, 3.8) is 0 Å². The Kier molecular flexibility index (Phi) is 2.36. The van der Waals surface area contributed by atoms with E-state index in [1.54, 1.807) is 0 Å².